The van der Waals surface area contributed by atoms with Crippen LogP contribution in [0.25, 0.3) is 0 Å². The number of hydrogen-bond acceptors (Lipinski definition) is 4. The van der Waals surface area contributed by atoms with Gasteiger partial charge in [-0.05, 0) is 32.6 Å². The number of aryl methyl sites for hydroxylation is 2. The van der Waals surface area contributed by atoms with Crippen molar-refractivity contribution in [2.45, 2.75) is 38.0 Å². The highest BCUT2D eigenvalue weighted by Gasteiger charge is 2.57. The normalized spacial score (nSPS) is 29.0. The van der Waals surface area contributed by atoms with E-state index in [9.17, 15) is 18.3 Å². The van der Waals surface area contributed by atoms with E-state index in [0.29, 0.717) is 24.4 Å². The molecule has 7 nitrogen and oxygen atoms in total. The molecule has 2 aliphatic rings. The molecule has 1 saturated heterocycles. The monoisotopic (exact) mass is 327 g/mol. The third-order valence-corrected chi connectivity index (χ3v) is 7.37. The van der Waals surface area contributed by atoms with E-state index < -0.39 is 21.4 Å². The van der Waals surface area contributed by atoms with Crippen molar-refractivity contribution in [3.8, 4) is 0 Å². The van der Waals surface area contributed by atoms with Crippen molar-refractivity contribution in [3.63, 3.8) is 0 Å². The number of fused-ring (bicyclic) bond motifs is 1. The summed E-state index contributed by atoms with van der Waals surface area (Å²) in [5.41, 5.74) is 0.136. The minimum Gasteiger partial charge on any atom is -0.481 e. The summed E-state index contributed by atoms with van der Waals surface area (Å²) in [6, 6.07) is 0. The lowest BCUT2D eigenvalue weighted by molar-refractivity contribution is -0.149. The number of aromatic nitrogens is 2. The molecule has 1 aromatic heterocycles. The van der Waals surface area contributed by atoms with Gasteiger partial charge in [-0.15, -0.1) is 0 Å². The van der Waals surface area contributed by atoms with E-state index in [1.807, 2.05) is 0 Å². The molecule has 0 bridgehead atoms. The Bertz CT molecular complexity index is 740. The molecule has 0 radical (unpaired) electrons. The smallest absolute Gasteiger partial charge is 0.311 e. The van der Waals surface area contributed by atoms with E-state index in [-0.39, 0.29) is 17.4 Å². The molecule has 122 valence electrons. The molecule has 1 aliphatic heterocycles. The number of carboxylic acid groups (broad SMARTS) is 1. The zero-order chi connectivity index (χ0) is 16.3. The van der Waals surface area contributed by atoms with E-state index >= 15 is 0 Å². The van der Waals surface area contributed by atoms with E-state index in [1.54, 1.807) is 25.6 Å². The Morgan fingerprint density at radius 2 is 2.09 bits per heavy atom. The van der Waals surface area contributed by atoms with Crippen LogP contribution in [0.4, 0.5) is 0 Å². The van der Waals surface area contributed by atoms with Crippen molar-refractivity contribution < 1.29 is 18.3 Å². The fraction of sp³-hybridized carbons (Fsp3) is 0.714. The van der Waals surface area contributed by atoms with E-state index in [1.165, 1.54) is 4.31 Å². The van der Waals surface area contributed by atoms with Crippen molar-refractivity contribution in [2.24, 2.45) is 18.4 Å². The number of carboxylic acids is 1. The summed E-state index contributed by atoms with van der Waals surface area (Å²) in [5, 5.41) is 13.8. The fourth-order valence-corrected chi connectivity index (χ4v) is 5.99. The minimum atomic E-state index is -3.71. The van der Waals surface area contributed by atoms with Crippen LogP contribution in [0.15, 0.2) is 4.90 Å². The predicted octanol–water partition coefficient (Wildman–Crippen LogP) is 0.912. The van der Waals surface area contributed by atoms with Crippen LogP contribution in [0.2, 0.25) is 0 Å². The molecular formula is C14H21N3O4S. The fourth-order valence-electron chi connectivity index (χ4n) is 4.03. The van der Waals surface area contributed by atoms with Gasteiger partial charge in [0.1, 0.15) is 4.90 Å². The first-order valence-corrected chi connectivity index (χ1v) is 8.88. The van der Waals surface area contributed by atoms with Crippen molar-refractivity contribution in [1.29, 1.82) is 0 Å². The lowest BCUT2D eigenvalue weighted by Gasteiger charge is -2.23. The molecule has 1 N–H and O–H groups in total. The molecule has 0 amide bonds. The quantitative estimate of drug-likeness (QED) is 0.891. The van der Waals surface area contributed by atoms with E-state index in [0.717, 1.165) is 12.8 Å². The number of carbonyl (C=O) groups is 1. The summed E-state index contributed by atoms with van der Waals surface area (Å²) in [7, 11) is -2.00. The van der Waals surface area contributed by atoms with Gasteiger partial charge < -0.3 is 5.11 Å². The molecule has 0 aromatic carbocycles. The predicted molar refractivity (Wildman–Crippen MR) is 78.9 cm³/mol. The Balaban J connectivity index is 2.00. The van der Waals surface area contributed by atoms with Gasteiger partial charge in [-0.1, -0.05) is 6.42 Å². The Morgan fingerprint density at radius 3 is 2.59 bits per heavy atom. The van der Waals surface area contributed by atoms with E-state index in [2.05, 4.69) is 5.10 Å². The highest BCUT2D eigenvalue weighted by atomic mass is 32.2. The lowest BCUT2D eigenvalue weighted by Crippen LogP contribution is -2.37. The van der Waals surface area contributed by atoms with Crippen LogP contribution in [0.5, 0.6) is 0 Å². The van der Waals surface area contributed by atoms with Gasteiger partial charge in [0, 0.05) is 20.1 Å². The second-order valence-electron chi connectivity index (χ2n) is 6.47. The second kappa shape index (κ2) is 4.79. The topological polar surface area (TPSA) is 92.5 Å². The second-order valence-corrected chi connectivity index (χ2v) is 8.35. The van der Waals surface area contributed by atoms with Crippen LogP contribution >= 0.6 is 0 Å². The lowest BCUT2D eigenvalue weighted by atomic mass is 9.81. The van der Waals surface area contributed by atoms with Crippen LogP contribution in [0, 0.1) is 25.2 Å². The van der Waals surface area contributed by atoms with Crippen molar-refractivity contribution in [2.75, 3.05) is 13.1 Å². The third-order valence-electron chi connectivity index (χ3n) is 5.31. The van der Waals surface area contributed by atoms with Gasteiger partial charge in [0.2, 0.25) is 10.0 Å². The van der Waals surface area contributed by atoms with Crippen LogP contribution < -0.4 is 0 Å². The molecular weight excluding hydrogens is 306 g/mol. The summed E-state index contributed by atoms with van der Waals surface area (Å²) in [6.45, 7) is 3.76. The van der Waals surface area contributed by atoms with Gasteiger partial charge in [-0.25, -0.2) is 8.42 Å². The number of sulfonamides is 1. The van der Waals surface area contributed by atoms with Crippen LogP contribution in [-0.4, -0.2) is 46.7 Å². The summed E-state index contributed by atoms with van der Waals surface area (Å²) in [6.07, 6.45) is 2.20. The average Bonchev–Trinajstić information content (AvgIpc) is 3.01. The van der Waals surface area contributed by atoms with Gasteiger partial charge in [-0.3, -0.25) is 9.48 Å². The zero-order valence-corrected chi connectivity index (χ0v) is 13.9. The summed E-state index contributed by atoms with van der Waals surface area (Å²) >= 11 is 0. The van der Waals surface area contributed by atoms with Crippen molar-refractivity contribution in [1.82, 2.24) is 14.1 Å². The molecule has 2 atom stereocenters. The molecule has 0 unspecified atom stereocenters. The van der Waals surface area contributed by atoms with Gasteiger partial charge in [-0.2, -0.15) is 9.40 Å². The minimum absolute atomic E-state index is 0.0725. The Kier molecular flexibility index (Phi) is 3.37. The van der Waals surface area contributed by atoms with Crippen LogP contribution in [0.3, 0.4) is 0 Å². The molecule has 2 heterocycles. The molecule has 1 saturated carbocycles. The number of rotatable bonds is 3. The third kappa shape index (κ3) is 1.93. The molecule has 3 rings (SSSR count). The van der Waals surface area contributed by atoms with Crippen molar-refractivity contribution >= 4 is 16.0 Å². The summed E-state index contributed by atoms with van der Waals surface area (Å²) in [4.78, 5) is 11.9. The van der Waals surface area contributed by atoms with Crippen molar-refractivity contribution in [3.05, 3.63) is 11.4 Å². The first-order valence-electron chi connectivity index (χ1n) is 7.44. The highest BCUT2D eigenvalue weighted by Crippen LogP contribution is 2.50. The van der Waals surface area contributed by atoms with Crippen LogP contribution in [0.1, 0.15) is 30.7 Å². The Labute approximate surface area is 130 Å². The first-order chi connectivity index (χ1) is 10.2. The first kappa shape index (κ1) is 15.5. The SMILES string of the molecule is Cc1nn(C)c(C)c1S(=O)(=O)N1C[C@@H]2CCC[C@@]2(C(=O)O)C1. The maximum Gasteiger partial charge on any atom is 0.311 e. The largest absolute Gasteiger partial charge is 0.481 e. The Morgan fingerprint density at radius 1 is 1.41 bits per heavy atom. The number of hydrogen-bond donors (Lipinski definition) is 1. The summed E-state index contributed by atoms with van der Waals surface area (Å²) in [5.74, 6) is -0.954. The zero-order valence-electron chi connectivity index (χ0n) is 13.0. The van der Waals surface area contributed by atoms with Gasteiger partial charge in [0.25, 0.3) is 0 Å². The van der Waals surface area contributed by atoms with Gasteiger partial charge >= 0.3 is 5.97 Å². The maximum atomic E-state index is 13.0. The number of aliphatic carboxylic acids is 1. The summed E-state index contributed by atoms with van der Waals surface area (Å²) < 4.78 is 28.8. The maximum absolute atomic E-state index is 13.0. The molecule has 22 heavy (non-hydrogen) atoms. The highest BCUT2D eigenvalue weighted by molar-refractivity contribution is 7.89. The molecule has 0 spiro atoms. The molecule has 1 aromatic rings. The van der Waals surface area contributed by atoms with E-state index in [4.69, 9.17) is 0 Å². The molecule has 2 fully saturated rings. The van der Waals surface area contributed by atoms with Crippen LogP contribution in [-0.2, 0) is 21.9 Å². The Hall–Kier alpha value is -1.41. The van der Waals surface area contributed by atoms with Gasteiger partial charge in [0.15, 0.2) is 0 Å². The standard InChI is InChI=1S/C14H21N3O4S/c1-9-12(10(2)16(3)15-9)22(20,21)17-7-11-5-4-6-14(11,8-17)13(18)19/h11H,4-8H2,1-3H3,(H,18,19)/t11-,14+/m0/s1. The van der Waals surface area contributed by atoms with Gasteiger partial charge in [0.05, 0.1) is 16.8 Å². The average molecular weight is 327 g/mol. The molecule has 8 heteroatoms. The number of nitrogens with zero attached hydrogens (tertiary/aromatic N) is 3. The molecule has 1 aliphatic carbocycles.